The molecule has 0 saturated carbocycles. The molecule has 0 aliphatic rings. The van der Waals surface area contributed by atoms with Gasteiger partial charge in [-0.25, -0.2) is 0 Å². The van der Waals surface area contributed by atoms with E-state index in [1.54, 1.807) is 0 Å². The molecule has 0 aliphatic carbocycles. The summed E-state index contributed by atoms with van der Waals surface area (Å²) in [6, 6.07) is 9.85. The van der Waals surface area contributed by atoms with Crippen LogP contribution in [0.5, 0.6) is 0 Å². The summed E-state index contributed by atoms with van der Waals surface area (Å²) in [4.78, 5) is 11.5. The number of carbonyl (C=O) groups is 1. The first-order valence-corrected chi connectivity index (χ1v) is 5.30. The van der Waals surface area contributed by atoms with Crippen molar-refractivity contribution in [2.45, 2.75) is 32.1 Å². The second kappa shape index (κ2) is 5.91. The minimum atomic E-state index is -0.498. The Balaban J connectivity index is 0.00000196. The van der Waals surface area contributed by atoms with Crippen molar-refractivity contribution in [3.63, 3.8) is 0 Å². The van der Waals surface area contributed by atoms with Gasteiger partial charge in [-0.3, -0.25) is 4.79 Å². The maximum Gasteiger partial charge on any atom is 0.236 e. The molecule has 0 radical (unpaired) electrons. The lowest BCUT2D eigenvalue weighted by Crippen LogP contribution is -2.36. The molecule has 84 valence electrons. The first kappa shape index (κ1) is 14.2. The summed E-state index contributed by atoms with van der Waals surface area (Å²) >= 11 is 3.31. The predicted molar refractivity (Wildman–Crippen MR) is 68.0 cm³/mol. The zero-order valence-corrected chi connectivity index (χ0v) is 9.97. The molecule has 15 heavy (non-hydrogen) atoms. The predicted octanol–water partition coefficient (Wildman–Crippen LogP) is 3.11. The Kier molecular flexibility index (Phi) is 5.58. The second-order valence-electron chi connectivity index (χ2n) is 3.64. The second-order valence-corrected chi connectivity index (χ2v) is 5.62. The van der Waals surface area contributed by atoms with Crippen LogP contribution in [0.15, 0.2) is 30.3 Å². The molecule has 0 atom stereocenters. The molecule has 1 rings (SSSR count). The first-order valence-electron chi connectivity index (χ1n) is 4.51. The van der Waals surface area contributed by atoms with Crippen molar-refractivity contribution >= 4 is 21.8 Å². The molecule has 1 amide bonds. The lowest BCUT2D eigenvalue weighted by Gasteiger charge is -2.15. The van der Waals surface area contributed by atoms with Crippen LogP contribution in [-0.4, -0.2) is 10.2 Å². The van der Waals surface area contributed by atoms with E-state index >= 15 is 0 Å². The zero-order chi connectivity index (χ0) is 10.6. The zero-order valence-electron chi connectivity index (χ0n) is 8.38. The van der Waals surface area contributed by atoms with Crippen molar-refractivity contribution in [1.29, 1.82) is 0 Å². The van der Waals surface area contributed by atoms with Gasteiger partial charge in [0.05, 0.1) is 4.32 Å². The SMILES string of the molecule is C.CC(C)(Br)C(=O)NCc1ccccc1. The van der Waals surface area contributed by atoms with E-state index in [1.165, 1.54) is 0 Å². The van der Waals surface area contributed by atoms with Gasteiger partial charge in [0.2, 0.25) is 5.91 Å². The smallest absolute Gasteiger partial charge is 0.236 e. The van der Waals surface area contributed by atoms with Crippen molar-refractivity contribution in [3.8, 4) is 0 Å². The van der Waals surface area contributed by atoms with Gasteiger partial charge in [0.1, 0.15) is 0 Å². The van der Waals surface area contributed by atoms with Gasteiger partial charge in [0.25, 0.3) is 0 Å². The molecule has 1 aromatic rings. The molecule has 1 aromatic carbocycles. The van der Waals surface area contributed by atoms with Crippen molar-refractivity contribution < 1.29 is 4.79 Å². The summed E-state index contributed by atoms with van der Waals surface area (Å²) in [6.07, 6.45) is 0. The fraction of sp³-hybridized carbons (Fsp3) is 0.417. The molecule has 0 aliphatic heterocycles. The molecule has 0 heterocycles. The Morgan fingerprint density at radius 2 is 1.87 bits per heavy atom. The van der Waals surface area contributed by atoms with Crippen LogP contribution in [0.1, 0.15) is 26.8 Å². The highest BCUT2D eigenvalue weighted by molar-refractivity contribution is 9.10. The third kappa shape index (κ3) is 4.98. The largest absolute Gasteiger partial charge is 0.351 e. The van der Waals surface area contributed by atoms with Crippen LogP contribution < -0.4 is 5.32 Å². The van der Waals surface area contributed by atoms with Crippen LogP contribution in [0, 0.1) is 0 Å². The van der Waals surface area contributed by atoms with E-state index in [0.717, 1.165) is 5.56 Å². The van der Waals surface area contributed by atoms with Gasteiger partial charge in [0, 0.05) is 6.54 Å². The maximum absolute atomic E-state index is 11.5. The van der Waals surface area contributed by atoms with E-state index in [9.17, 15) is 4.79 Å². The van der Waals surface area contributed by atoms with Gasteiger partial charge in [0.15, 0.2) is 0 Å². The number of halogens is 1. The van der Waals surface area contributed by atoms with Crippen molar-refractivity contribution in [2.75, 3.05) is 0 Å². The Hall–Kier alpha value is -0.830. The number of alkyl halides is 1. The number of benzene rings is 1. The fourth-order valence-electron chi connectivity index (χ4n) is 0.988. The topological polar surface area (TPSA) is 29.1 Å². The summed E-state index contributed by atoms with van der Waals surface area (Å²) in [5, 5.41) is 2.85. The van der Waals surface area contributed by atoms with Gasteiger partial charge >= 0.3 is 0 Å². The number of rotatable bonds is 3. The lowest BCUT2D eigenvalue weighted by atomic mass is 10.2. The number of carbonyl (C=O) groups excluding carboxylic acids is 1. The average Bonchev–Trinajstić information content (AvgIpc) is 2.14. The van der Waals surface area contributed by atoms with E-state index < -0.39 is 4.32 Å². The number of amides is 1. The van der Waals surface area contributed by atoms with Gasteiger partial charge < -0.3 is 5.32 Å². The molecule has 0 aromatic heterocycles. The van der Waals surface area contributed by atoms with E-state index in [1.807, 2.05) is 44.2 Å². The van der Waals surface area contributed by atoms with Crippen LogP contribution in [0.3, 0.4) is 0 Å². The maximum atomic E-state index is 11.5. The van der Waals surface area contributed by atoms with E-state index in [4.69, 9.17) is 0 Å². The van der Waals surface area contributed by atoms with Crippen LogP contribution in [0.25, 0.3) is 0 Å². The highest BCUT2D eigenvalue weighted by Crippen LogP contribution is 2.15. The quantitative estimate of drug-likeness (QED) is 0.842. The molecule has 1 N–H and O–H groups in total. The van der Waals surface area contributed by atoms with Crippen molar-refractivity contribution in [1.82, 2.24) is 5.32 Å². The monoisotopic (exact) mass is 271 g/mol. The van der Waals surface area contributed by atoms with Crippen LogP contribution in [-0.2, 0) is 11.3 Å². The van der Waals surface area contributed by atoms with Crippen molar-refractivity contribution in [3.05, 3.63) is 35.9 Å². The Morgan fingerprint density at radius 3 is 2.33 bits per heavy atom. The summed E-state index contributed by atoms with van der Waals surface area (Å²) in [7, 11) is 0. The van der Waals surface area contributed by atoms with E-state index in [2.05, 4.69) is 21.2 Å². The normalized spacial score (nSPS) is 10.3. The van der Waals surface area contributed by atoms with Gasteiger partial charge in [-0.05, 0) is 19.4 Å². The average molecular weight is 272 g/mol. The molecular weight excluding hydrogens is 254 g/mol. The summed E-state index contributed by atoms with van der Waals surface area (Å²) in [5.41, 5.74) is 1.11. The highest BCUT2D eigenvalue weighted by Gasteiger charge is 2.22. The number of hydrogen-bond donors (Lipinski definition) is 1. The standard InChI is InChI=1S/C11H14BrNO.CH4/c1-11(2,12)10(14)13-8-9-6-4-3-5-7-9;/h3-7H,8H2,1-2H3,(H,13,14);1H4. The summed E-state index contributed by atoms with van der Waals surface area (Å²) < 4.78 is -0.498. The summed E-state index contributed by atoms with van der Waals surface area (Å²) in [6.45, 7) is 4.23. The van der Waals surface area contributed by atoms with Crippen LogP contribution in [0.4, 0.5) is 0 Å². The van der Waals surface area contributed by atoms with E-state index in [-0.39, 0.29) is 13.3 Å². The van der Waals surface area contributed by atoms with Gasteiger partial charge in [-0.2, -0.15) is 0 Å². The minimum absolute atomic E-state index is 0. The molecule has 2 nitrogen and oxygen atoms in total. The highest BCUT2D eigenvalue weighted by atomic mass is 79.9. The Bertz CT molecular complexity index is 303. The Morgan fingerprint density at radius 1 is 1.33 bits per heavy atom. The first-order chi connectivity index (χ1) is 6.50. The summed E-state index contributed by atoms with van der Waals surface area (Å²) in [5.74, 6) is 0.00125. The minimum Gasteiger partial charge on any atom is -0.351 e. The Labute approximate surface area is 100 Å². The van der Waals surface area contributed by atoms with Gasteiger partial charge in [-0.1, -0.05) is 53.7 Å². The molecule has 3 heteroatoms. The van der Waals surface area contributed by atoms with Crippen molar-refractivity contribution in [2.24, 2.45) is 0 Å². The molecule has 0 spiro atoms. The fourth-order valence-corrected chi connectivity index (χ4v) is 1.13. The van der Waals surface area contributed by atoms with E-state index in [0.29, 0.717) is 6.54 Å². The molecule has 0 saturated heterocycles. The molecule has 0 bridgehead atoms. The van der Waals surface area contributed by atoms with Gasteiger partial charge in [-0.15, -0.1) is 0 Å². The third-order valence-corrected chi connectivity index (χ3v) is 2.20. The third-order valence-electron chi connectivity index (χ3n) is 1.84. The molecule has 0 unspecified atom stereocenters. The molecular formula is C12H18BrNO. The van der Waals surface area contributed by atoms with Crippen LogP contribution in [0.2, 0.25) is 0 Å². The number of hydrogen-bond acceptors (Lipinski definition) is 1. The molecule has 0 fully saturated rings. The number of nitrogens with one attached hydrogen (secondary N) is 1. The van der Waals surface area contributed by atoms with Crippen LogP contribution >= 0.6 is 15.9 Å². The lowest BCUT2D eigenvalue weighted by molar-refractivity contribution is -0.122.